The summed E-state index contributed by atoms with van der Waals surface area (Å²) in [5, 5.41) is 13.5. The second-order valence-corrected chi connectivity index (χ2v) is 6.11. The van der Waals surface area contributed by atoms with Crippen molar-refractivity contribution in [1.29, 1.82) is 5.26 Å². The molecule has 0 radical (unpaired) electrons. The number of likely N-dealkylation sites (tertiary alicyclic amines) is 1. The second-order valence-electron chi connectivity index (χ2n) is 5.17. The first kappa shape index (κ1) is 15.5. The number of nitrogens with zero attached hydrogens (tertiary/aromatic N) is 2. The summed E-state index contributed by atoms with van der Waals surface area (Å²) in [5.74, 6) is -0.341. The summed E-state index contributed by atoms with van der Waals surface area (Å²) in [5.41, 5.74) is 0. The first-order valence-corrected chi connectivity index (χ1v) is 8.06. The summed E-state index contributed by atoms with van der Waals surface area (Å²) < 4.78 is 0. The van der Waals surface area contributed by atoms with Crippen molar-refractivity contribution < 1.29 is 9.59 Å². The summed E-state index contributed by atoms with van der Waals surface area (Å²) in [7, 11) is 0. The average molecular weight is 305 g/mol. The molecule has 0 aromatic carbocycles. The van der Waals surface area contributed by atoms with Crippen LogP contribution in [0.25, 0.3) is 0 Å². The highest BCUT2D eigenvalue weighted by Gasteiger charge is 2.29. The van der Waals surface area contributed by atoms with Crippen molar-refractivity contribution in [2.75, 3.05) is 13.1 Å². The lowest BCUT2D eigenvalue weighted by Gasteiger charge is -2.32. The predicted molar refractivity (Wildman–Crippen MR) is 80.8 cm³/mol. The summed E-state index contributed by atoms with van der Waals surface area (Å²) in [6.07, 6.45) is 2.17. The molecule has 1 aliphatic rings. The molecule has 1 aliphatic heterocycles. The zero-order chi connectivity index (χ0) is 15.2. The summed E-state index contributed by atoms with van der Waals surface area (Å²) in [6.45, 7) is 2.99. The molecule has 1 saturated heterocycles. The molecule has 21 heavy (non-hydrogen) atoms. The Morgan fingerprint density at radius 1 is 1.62 bits per heavy atom. The van der Waals surface area contributed by atoms with E-state index in [1.165, 1.54) is 11.3 Å². The van der Waals surface area contributed by atoms with Crippen LogP contribution < -0.4 is 5.32 Å². The second kappa shape index (κ2) is 7.23. The summed E-state index contributed by atoms with van der Waals surface area (Å²) in [6, 6.07) is 5.28. The molecule has 0 unspecified atom stereocenters. The van der Waals surface area contributed by atoms with Crippen LogP contribution in [0.2, 0.25) is 0 Å². The van der Waals surface area contributed by atoms with Gasteiger partial charge in [0.05, 0.1) is 16.9 Å². The van der Waals surface area contributed by atoms with Crippen LogP contribution in [0.1, 0.15) is 35.9 Å². The average Bonchev–Trinajstić information content (AvgIpc) is 3.06. The molecule has 2 rings (SSSR count). The molecule has 0 aliphatic carbocycles. The van der Waals surface area contributed by atoms with Crippen molar-refractivity contribution in [2.24, 2.45) is 5.92 Å². The minimum absolute atomic E-state index is 0.00479. The van der Waals surface area contributed by atoms with Crippen LogP contribution in [0.4, 0.5) is 0 Å². The Hall–Kier alpha value is -1.87. The van der Waals surface area contributed by atoms with E-state index in [0.29, 0.717) is 24.4 Å². The molecule has 0 spiro atoms. The van der Waals surface area contributed by atoms with Crippen molar-refractivity contribution in [1.82, 2.24) is 10.2 Å². The maximum atomic E-state index is 12.3. The van der Waals surface area contributed by atoms with E-state index in [1.807, 2.05) is 18.4 Å². The number of nitrogens with one attached hydrogen (secondary N) is 1. The quantitative estimate of drug-likeness (QED) is 0.925. The van der Waals surface area contributed by atoms with Crippen LogP contribution in [-0.2, 0) is 4.79 Å². The highest BCUT2D eigenvalue weighted by molar-refractivity contribution is 7.12. The standard InChI is InChI=1S/C15H19N3O2S/c1-2-12(9-16)17-14(19)11-5-3-7-18(10-11)15(20)13-6-4-8-21-13/h4,6,8,11-12H,2-3,5,7,10H2,1H3,(H,17,19)/t11-,12+/m0/s1. The third kappa shape index (κ3) is 3.82. The van der Waals surface area contributed by atoms with Gasteiger partial charge in [-0.15, -0.1) is 11.3 Å². The predicted octanol–water partition coefficient (Wildman–Crippen LogP) is 2.02. The van der Waals surface area contributed by atoms with E-state index in [-0.39, 0.29) is 17.7 Å². The van der Waals surface area contributed by atoms with Crippen molar-refractivity contribution >= 4 is 23.2 Å². The van der Waals surface area contributed by atoms with Crippen molar-refractivity contribution in [3.05, 3.63) is 22.4 Å². The Balaban J connectivity index is 1.96. The molecular formula is C15H19N3O2S. The minimum Gasteiger partial charge on any atom is -0.340 e. The van der Waals surface area contributed by atoms with Crippen LogP contribution in [0.3, 0.4) is 0 Å². The van der Waals surface area contributed by atoms with Gasteiger partial charge in [-0.2, -0.15) is 5.26 Å². The summed E-state index contributed by atoms with van der Waals surface area (Å²) in [4.78, 5) is 27.0. The zero-order valence-electron chi connectivity index (χ0n) is 12.0. The maximum Gasteiger partial charge on any atom is 0.263 e. The van der Waals surface area contributed by atoms with Gasteiger partial charge in [0.15, 0.2) is 0 Å². The molecular weight excluding hydrogens is 286 g/mol. The molecule has 1 aromatic heterocycles. The Morgan fingerprint density at radius 2 is 2.43 bits per heavy atom. The number of thiophene rings is 1. The van der Waals surface area contributed by atoms with Gasteiger partial charge >= 0.3 is 0 Å². The topological polar surface area (TPSA) is 73.2 Å². The molecule has 6 heteroatoms. The number of piperidine rings is 1. The molecule has 0 bridgehead atoms. The van der Waals surface area contributed by atoms with E-state index in [0.717, 1.165) is 12.8 Å². The first-order valence-electron chi connectivity index (χ1n) is 7.18. The number of carbonyl (C=O) groups is 2. The van der Waals surface area contributed by atoms with Gasteiger partial charge in [0.2, 0.25) is 5.91 Å². The normalized spacial score (nSPS) is 19.6. The third-order valence-electron chi connectivity index (χ3n) is 3.69. The smallest absolute Gasteiger partial charge is 0.263 e. The van der Waals surface area contributed by atoms with E-state index >= 15 is 0 Å². The lowest BCUT2D eigenvalue weighted by Crippen LogP contribution is -2.47. The Kier molecular flexibility index (Phi) is 5.34. The van der Waals surface area contributed by atoms with Crippen LogP contribution in [0.5, 0.6) is 0 Å². The molecule has 2 heterocycles. The molecule has 1 fully saturated rings. The van der Waals surface area contributed by atoms with E-state index < -0.39 is 6.04 Å². The lowest BCUT2D eigenvalue weighted by atomic mass is 9.96. The molecule has 1 N–H and O–H groups in total. The monoisotopic (exact) mass is 305 g/mol. The van der Waals surface area contributed by atoms with Crippen molar-refractivity contribution in [2.45, 2.75) is 32.2 Å². The maximum absolute atomic E-state index is 12.3. The number of hydrogen-bond acceptors (Lipinski definition) is 4. The van der Waals surface area contributed by atoms with E-state index in [1.54, 1.807) is 11.0 Å². The van der Waals surface area contributed by atoms with E-state index in [2.05, 4.69) is 11.4 Å². The van der Waals surface area contributed by atoms with Gasteiger partial charge < -0.3 is 10.2 Å². The number of nitriles is 1. The highest BCUT2D eigenvalue weighted by atomic mass is 32.1. The van der Waals surface area contributed by atoms with Crippen LogP contribution in [0.15, 0.2) is 17.5 Å². The molecule has 2 atom stereocenters. The van der Waals surface area contributed by atoms with Gasteiger partial charge in [0.1, 0.15) is 6.04 Å². The zero-order valence-corrected chi connectivity index (χ0v) is 12.9. The number of rotatable bonds is 4. The lowest BCUT2D eigenvalue weighted by molar-refractivity contribution is -0.126. The number of amides is 2. The molecule has 2 amide bonds. The fraction of sp³-hybridized carbons (Fsp3) is 0.533. The van der Waals surface area contributed by atoms with E-state index in [4.69, 9.17) is 5.26 Å². The fourth-order valence-corrected chi connectivity index (χ4v) is 3.14. The Morgan fingerprint density at radius 3 is 3.05 bits per heavy atom. The van der Waals surface area contributed by atoms with Gasteiger partial charge in [-0.25, -0.2) is 0 Å². The van der Waals surface area contributed by atoms with Gasteiger partial charge in [-0.05, 0) is 30.7 Å². The SMILES string of the molecule is CC[C@H](C#N)NC(=O)[C@H]1CCCN(C(=O)c2cccs2)C1. The van der Waals surface area contributed by atoms with Crippen LogP contribution in [-0.4, -0.2) is 35.8 Å². The van der Waals surface area contributed by atoms with Gasteiger partial charge in [0.25, 0.3) is 5.91 Å². The Bertz CT molecular complexity index is 536. The minimum atomic E-state index is -0.444. The third-order valence-corrected chi connectivity index (χ3v) is 4.55. The van der Waals surface area contributed by atoms with Crippen molar-refractivity contribution in [3.8, 4) is 6.07 Å². The summed E-state index contributed by atoms with van der Waals surface area (Å²) >= 11 is 1.42. The van der Waals surface area contributed by atoms with E-state index in [9.17, 15) is 9.59 Å². The molecule has 0 saturated carbocycles. The fourth-order valence-electron chi connectivity index (χ4n) is 2.45. The van der Waals surface area contributed by atoms with Gasteiger partial charge in [-0.1, -0.05) is 13.0 Å². The molecule has 5 nitrogen and oxygen atoms in total. The van der Waals surface area contributed by atoms with Crippen LogP contribution in [0, 0.1) is 17.2 Å². The number of carbonyl (C=O) groups excluding carboxylic acids is 2. The largest absolute Gasteiger partial charge is 0.340 e. The highest BCUT2D eigenvalue weighted by Crippen LogP contribution is 2.20. The van der Waals surface area contributed by atoms with Gasteiger partial charge in [0, 0.05) is 13.1 Å². The van der Waals surface area contributed by atoms with Crippen molar-refractivity contribution in [3.63, 3.8) is 0 Å². The first-order chi connectivity index (χ1) is 10.2. The molecule has 112 valence electrons. The van der Waals surface area contributed by atoms with Gasteiger partial charge in [-0.3, -0.25) is 9.59 Å². The number of hydrogen-bond donors (Lipinski definition) is 1. The van der Waals surface area contributed by atoms with Crippen LogP contribution >= 0.6 is 11.3 Å². The molecule has 1 aromatic rings. The Labute approximate surface area is 128 Å².